The lowest BCUT2D eigenvalue weighted by Crippen LogP contribution is -2.44. The van der Waals surface area contributed by atoms with E-state index in [-0.39, 0.29) is 11.3 Å². The van der Waals surface area contributed by atoms with Crippen LogP contribution in [0.15, 0.2) is 24.3 Å². The standard InChI is InChI=1S/C17H26ClNO/c1-6-17(12(2)3,13(4)5)11-19-16(20)14-7-9-15(18)10-8-14/h7-10,12-13H,6,11H2,1-5H3,(H,19,20). The van der Waals surface area contributed by atoms with E-state index in [1.165, 1.54) is 0 Å². The molecule has 1 rings (SSSR count). The molecule has 0 spiro atoms. The van der Waals surface area contributed by atoms with Crippen LogP contribution in [0.4, 0.5) is 0 Å². The molecule has 0 fully saturated rings. The molecule has 0 aliphatic rings. The second-order valence-electron chi connectivity index (χ2n) is 6.09. The molecule has 112 valence electrons. The van der Waals surface area contributed by atoms with Gasteiger partial charge in [-0.2, -0.15) is 0 Å². The molecule has 0 saturated heterocycles. The van der Waals surface area contributed by atoms with Gasteiger partial charge < -0.3 is 5.32 Å². The Hall–Kier alpha value is -1.02. The topological polar surface area (TPSA) is 29.1 Å². The average molecular weight is 296 g/mol. The van der Waals surface area contributed by atoms with Gasteiger partial charge in [0.05, 0.1) is 0 Å². The quantitative estimate of drug-likeness (QED) is 0.804. The molecule has 1 aromatic carbocycles. The first-order valence-corrected chi connectivity index (χ1v) is 7.75. The van der Waals surface area contributed by atoms with E-state index < -0.39 is 0 Å². The highest BCUT2D eigenvalue weighted by Gasteiger charge is 2.35. The van der Waals surface area contributed by atoms with Crippen molar-refractivity contribution in [1.82, 2.24) is 5.32 Å². The van der Waals surface area contributed by atoms with Gasteiger partial charge >= 0.3 is 0 Å². The number of amides is 1. The van der Waals surface area contributed by atoms with Gasteiger partial charge in [0, 0.05) is 17.1 Å². The number of hydrogen-bond acceptors (Lipinski definition) is 1. The monoisotopic (exact) mass is 295 g/mol. The lowest BCUT2D eigenvalue weighted by molar-refractivity contribution is 0.0797. The number of carbonyl (C=O) groups excluding carboxylic acids is 1. The van der Waals surface area contributed by atoms with Crippen LogP contribution in [0.5, 0.6) is 0 Å². The highest BCUT2D eigenvalue weighted by Crippen LogP contribution is 2.38. The van der Waals surface area contributed by atoms with Crippen molar-refractivity contribution >= 4 is 17.5 Å². The lowest BCUT2D eigenvalue weighted by Gasteiger charge is -2.41. The Balaban J connectivity index is 2.77. The third-order valence-electron chi connectivity index (χ3n) is 4.64. The molecule has 0 aliphatic heterocycles. The van der Waals surface area contributed by atoms with Crippen LogP contribution in [-0.2, 0) is 0 Å². The third kappa shape index (κ3) is 3.76. The number of carbonyl (C=O) groups is 1. The molecular weight excluding hydrogens is 270 g/mol. The molecule has 0 unspecified atom stereocenters. The Kier molecular flexibility index (Phi) is 6.07. The molecule has 0 saturated carbocycles. The first-order valence-electron chi connectivity index (χ1n) is 7.37. The van der Waals surface area contributed by atoms with E-state index in [9.17, 15) is 4.79 Å². The smallest absolute Gasteiger partial charge is 0.251 e. The summed E-state index contributed by atoms with van der Waals surface area (Å²) in [6, 6.07) is 7.01. The van der Waals surface area contributed by atoms with E-state index >= 15 is 0 Å². The zero-order valence-corrected chi connectivity index (χ0v) is 13.9. The van der Waals surface area contributed by atoms with E-state index in [0.29, 0.717) is 29.0 Å². The summed E-state index contributed by atoms with van der Waals surface area (Å²) in [7, 11) is 0. The van der Waals surface area contributed by atoms with Crippen LogP contribution in [0, 0.1) is 17.3 Å². The first-order chi connectivity index (χ1) is 9.33. The largest absolute Gasteiger partial charge is 0.351 e. The number of hydrogen-bond donors (Lipinski definition) is 1. The SMILES string of the molecule is CCC(CNC(=O)c1ccc(Cl)cc1)(C(C)C)C(C)C. The van der Waals surface area contributed by atoms with Gasteiger partial charge in [-0.1, -0.05) is 46.2 Å². The summed E-state index contributed by atoms with van der Waals surface area (Å²) in [6.45, 7) is 11.8. The molecule has 0 atom stereocenters. The highest BCUT2D eigenvalue weighted by molar-refractivity contribution is 6.30. The Morgan fingerprint density at radius 3 is 2.05 bits per heavy atom. The number of benzene rings is 1. The molecule has 0 bridgehead atoms. The minimum atomic E-state index is -0.0270. The predicted octanol–water partition coefficient (Wildman–Crippen LogP) is 4.78. The van der Waals surface area contributed by atoms with Crippen LogP contribution in [0.2, 0.25) is 5.02 Å². The zero-order chi connectivity index (χ0) is 15.3. The zero-order valence-electron chi connectivity index (χ0n) is 13.2. The van der Waals surface area contributed by atoms with Crippen molar-refractivity contribution in [3.05, 3.63) is 34.9 Å². The van der Waals surface area contributed by atoms with Gasteiger partial charge in [-0.15, -0.1) is 0 Å². The van der Waals surface area contributed by atoms with E-state index in [0.717, 1.165) is 6.42 Å². The van der Waals surface area contributed by atoms with Crippen molar-refractivity contribution in [1.29, 1.82) is 0 Å². The highest BCUT2D eigenvalue weighted by atomic mass is 35.5. The lowest BCUT2D eigenvalue weighted by atomic mass is 9.67. The Morgan fingerprint density at radius 1 is 1.15 bits per heavy atom. The molecular formula is C17H26ClNO. The minimum Gasteiger partial charge on any atom is -0.351 e. The van der Waals surface area contributed by atoms with Crippen molar-refractivity contribution in [3.8, 4) is 0 Å². The fraction of sp³-hybridized carbons (Fsp3) is 0.588. The third-order valence-corrected chi connectivity index (χ3v) is 4.89. The van der Waals surface area contributed by atoms with Crippen LogP contribution < -0.4 is 5.32 Å². The van der Waals surface area contributed by atoms with Gasteiger partial charge in [-0.05, 0) is 47.9 Å². The molecule has 1 N–H and O–H groups in total. The van der Waals surface area contributed by atoms with Gasteiger partial charge in [-0.25, -0.2) is 0 Å². The summed E-state index contributed by atoms with van der Waals surface area (Å²) in [5, 5.41) is 3.74. The maximum atomic E-state index is 12.2. The van der Waals surface area contributed by atoms with Crippen molar-refractivity contribution in [2.24, 2.45) is 17.3 Å². The summed E-state index contributed by atoms with van der Waals surface area (Å²) < 4.78 is 0. The van der Waals surface area contributed by atoms with Gasteiger partial charge in [-0.3, -0.25) is 4.79 Å². The molecule has 0 aromatic heterocycles. The van der Waals surface area contributed by atoms with Crippen LogP contribution in [0.3, 0.4) is 0 Å². The van der Waals surface area contributed by atoms with Crippen LogP contribution in [0.25, 0.3) is 0 Å². The van der Waals surface area contributed by atoms with Gasteiger partial charge in [0.2, 0.25) is 0 Å². The predicted molar refractivity (Wildman–Crippen MR) is 86.2 cm³/mol. The molecule has 1 aromatic rings. The average Bonchev–Trinajstić information content (AvgIpc) is 2.39. The first kappa shape index (κ1) is 17.0. The van der Waals surface area contributed by atoms with Crippen molar-refractivity contribution < 1.29 is 4.79 Å². The number of halogens is 1. The molecule has 3 heteroatoms. The maximum Gasteiger partial charge on any atom is 0.251 e. The summed E-state index contributed by atoms with van der Waals surface area (Å²) in [5.41, 5.74) is 0.800. The van der Waals surface area contributed by atoms with Gasteiger partial charge in [0.1, 0.15) is 0 Å². The molecule has 0 radical (unpaired) electrons. The summed E-state index contributed by atoms with van der Waals surface area (Å²) in [4.78, 5) is 12.2. The second kappa shape index (κ2) is 7.12. The van der Waals surface area contributed by atoms with Crippen molar-refractivity contribution in [2.45, 2.75) is 41.0 Å². The van der Waals surface area contributed by atoms with Gasteiger partial charge in [0.25, 0.3) is 5.91 Å². The van der Waals surface area contributed by atoms with Crippen molar-refractivity contribution in [3.63, 3.8) is 0 Å². The Morgan fingerprint density at radius 2 is 1.65 bits per heavy atom. The van der Waals surface area contributed by atoms with Gasteiger partial charge in [0.15, 0.2) is 0 Å². The molecule has 0 aliphatic carbocycles. The van der Waals surface area contributed by atoms with Crippen LogP contribution in [0.1, 0.15) is 51.4 Å². The molecule has 2 nitrogen and oxygen atoms in total. The van der Waals surface area contributed by atoms with Crippen LogP contribution in [-0.4, -0.2) is 12.5 Å². The van der Waals surface area contributed by atoms with Crippen molar-refractivity contribution in [2.75, 3.05) is 6.54 Å². The Labute approximate surface area is 127 Å². The fourth-order valence-corrected chi connectivity index (χ4v) is 3.09. The van der Waals surface area contributed by atoms with Crippen LogP contribution >= 0.6 is 11.6 Å². The summed E-state index contributed by atoms with van der Waals surface area (Å²) in [6.07, 6.45) is 1.06. The Bertz CT molecular complexity index is 429. The van der Waals surface area contributed by atoms with E-state index in [1.54, 1.807) is 24.3 Å². The van der Waals surface area contributed by atoms with E-state index in [2.05, 4.69) is 39.9 Å². The minimum absolute atomic E-state index is 0.0270. The molecule has 20 heavy (non-hydrogen) atoms. The number of rotatable bonds is 6. The summed E-state index contributed by atoms with van der Waals surface area (Å²) in [5.74, 6) is 1.02. The maximum absolute atomic E-state index is 12.2. The molecule has 0 heterocycles. The second-order valence-corrected chi connectivity index (χ2v) is 6.52. The fourth-order valence-electron chi connectivity index (χ4n) is 2.96. The molecule has 1 amide bonds. The van der Waals surface area contributed by atoms with E-state index in [4.69, 9.17) is 11.6 Å². The van der Waals surface area contributed by atoms with E-state index in [1.807, 2.05) is 0 Å². The normalized spacial score (nSPS) is 12.0. The number of nitrogens with one attached hydrogen (secondary N) is 1. The summed E-state index contributed by atoms with van der Waals surface area (Å²) >= 11 is 5.84.